The summed E-state index contributed by atoms with van der Waals surface area (Å²) in [5.41, 5.74) is 2.40. The van der Waals surface area contributed by atoms with Gasteiger partial charge in [0.2, 0.25) is 0 Å². The van der Waals surface area contributed by atoms with Crippen molar-refractivity contribution < 1.29 is 14.3 Å². The van der Waals surface area contributed by atoms with Crippen molar-refractivity contribution in [1.82, 2.24) is 0 Å². The second-order valence-electron chi connectivity index (χ2n) is 5.33. The van der Waals surface area contributed by atoms with Crippen LogP contribution in [0.2, 0.25) is 0 Å². The van der Waals surface area contributed by atoms with Gasteiger partial charge >= 0.3 is 0 Å². The Morgan fingerprint density at radius 1 is 1.00 bits per heavy atom. The Balaban J connectivity index is 1.90. The van der Waals surface area contributed by atoms with Gasteiger partial charge in [0, 0.05) is 12.7 Å². The van der Waals surface area contributed by atoms with Crippen LogP contribution in [0.4, 0.5) is 5.69 Å². The van der Waals surface area contributed by atoms with E-state index >= 15 is 0 Å². The number of para-hydroxylation sites is 2. The first kappa shape index (κ1) is 14.9. The molecule has 0 atom stereocenters. The van der Waals surface area contributed by atoms with Crippen molar-refractivity contribution in [3.05, 3.63) is 72.0 Å². The van der Waals surface area contributed by atoms with E-state index in [9.17, 15) is 9.90 Å². The van der Waals surface area contributed by atoms with Crippen LogP contribution >= 0.6 is 0 Å². The molecule has 3 rings (SSSR count). The van der Waals surface area contributed by atoms with E-state index < -0.39 is 0 Å². The highest BCUT2D eigenvalue weighted by atomic mass is 16.4. The molecule has 1 heterocycles. The zero-order valence-corrected chi connectivity index (χ0v) is 13.0. The van der Waals surface area contributed by atoms with Gasteiger partial charge in [0.05, 0.1) is 5.56 Å². The summed E-state index contributed by atoms with van der Waals surface area (Å²) >= 11 is 0. The minimum Gasteiger partial charge on any atom is -0.507 e. The molecule has 0 bridgehead atoms. The van der Waals surface area contributed by atoms with Crippen LogP contribution in [0.3, 0.4) is 0 Å². The van der Waals surface area contributed by atoms with Gasteiger partial charge in [0.1, 0.15) is 11.5 Å². The molecule has 0 radical (unpaired) electrons. The third-order valence-electron chi connectivity index (χ3n) is 3.77. The van der Waals surface area contributed by atoms with E-state index in [-0.39, 0.29) is 17.4 Å². The van der Waals surface area contributed by atoms with Crippen molar-refractivity contribution >= 4 is 11.6 Å². The number of benzene rings is 2. The molecule has 0 fully saturated rings. The summed E-state index contributed by atoms with van der Waals surface area (Å²) in [5, 5.41) is 9.88. The van der Waals surface area contributed by atoms with Crippen LogP contribution in [0.25, 0.3) is 11.3 Å². The number of phenols is 1. The number of carbonyl (C=O) groups is 1. The van der Waals surface area contributed by atoms with Crippen LogP contribution in [0.15, 0.2) is 65.1 Å². The molecule has 0 saturated carbocycles. The molecular formula is C19H17NO3. The minimum atomic E-state index is -0.235. The maximum Gasteiger partial charge on any atom is 0.293 e. The summed E-state index contributed by atoms with van der Waals surface area (Å²) < 4.78 is 5.64. The van der Waals surface area contributed by atoms with E-state index in [1.807, 2.05) is 31.2 Å². The molecule has 0 aliphatic rings. The number of amides is 1. The molecule has 3 aromatic rings. The third-order valence-corrected chi connectivity index (χ3v) is 3.77. The Morgan fingerprint density at radius 2 is 1.70 bits per heavy atom. The summed E-state index contributed by atoms with van der Waals surface area (Å²) in [6.07, 6.45) is 0. The van der Waals surface area contributed by atoms with E-state index in [2.05, 4.69) is 0 Å². The van der Waals surface area contributed by atoms with Crippen LogP contribution in [0.1, 0.15) is 16.1 Å². The average Bonchev–Trinajstić information content (AvgIpc) is 3.04. The van der Waals surface area contributed by atoms with Gasteiger partial charge in [-0.3, -0.25) is 4.79 Å². The fourth-order valence-corrected chi connectivity index (χ4v) is 2.49. The first-order valence-corrected chi connectivity index (χ1v) is 7.30. The smallest absolute Gasteiger partial charge is 0.293 e. The lowest BCUT2D eigenvalue weighted by Crippen LogP contribution is -2.26. The molecule has 23 heavy (non-hydrogen) atoms. The van der Waals surface area contributed by atoms with Crippen molar-refractivity contribution in [2.45, 2.75) is 6.92 Å². The number of aryl methyl sites for hydroxylation is 1. The molecule has 1 N–H and O–H groups in total. The van der Waals surface area contributed by atoms with Gasteiger partial charge < -0.3 is 14.4 Å². The maximum atomic E-state index is 12.6. The lowest BCUT2D eigenvalue weighted by Gasteiger charge is -2.18. The van der Waals surface area contributed by atoms with E-state index in [1.165, 1.54) is 0 Å². The Kier molecular flexibility index (Phi) is 3.89. The quantitative estimate of drug-likeness (QED) is 0.787. The van der Waals surface area contributed by atoms with Gasteiger partial charge in [-0.25, -0.2) is 0 Å². The number of carbonyl (C=O) groups excluding carboxylic acids is 1. The monoisotopic (exact) mass is 307 g/mol. The normalized spacial score (nSPS) is 10.5. The highest BCUT2D eigenvalue weighted by Crippen LogP contribution is 2.30. The number of rotatable bonds is 3. The van der Waals surface area contributed by atoms with Crippen LogP contribution in [0, 0.1) is 6.92 Å². The molecule has 0 saturated heterocycles. The van der Waals surface area contributed by atoms with E-state index in [0.29, 0.717) is 11.3 Å². The van der Waals surface area contributed by atoms with Gasteiger partial charge in [-0.1, -0.05) is 30.3 Å². The molecule has 2 aromatic carbocycles. The number of furan rings is 1. The first-order chi connectivity index (χ1) is 11.1. The second-order valence-corrected chi connectivity index (χ2v) is 5.33. The molecular weight excluding hydrogens is 290 g/mol. The summed E-state index contributed by atoms with van der Waals surface area (Å²) in [6, 6.07) is 17.8. The second kappa shape index (κ2) is 6.01. The molecule has 1 amide bonds. The molecule has 0 unspecified atom stereocenters. The number of phenolic OH excluding ortho intramolecular Hbond substituents is 1. The lowest BCUT2D eigenvalue weighted by molar-refractivity contribution is 0.0967. The third kappa shape index (κ3) is 2.83. The predicted molar refractivity (Wildman–Crippen MR) is 89.7 cm³/mol. The first-order valence-electron chi connectivity index (χ1n) is 7.30. The molecule has 4 nitrogen and oxygen atoms in total. The van der Waals surface area contributed by atoms with Crippen molar-refractivity contribution in [3.8, 4) is 17.1 Å². The van der Waals surface area contributed by atoms with Gasteiger partial charge in [-0.2, -0.15) is 0 Å². The van der Waals surface area contributed by atoms with Gasteiger partial charge in [-0.05, 0) is 42.8 Å². The molecule has 0 spiro atoms. The SMILES string of the molecule is Cc1ccccc1N(C)C(=O)c1ccc(-c2ccccc2O)o1. The van der Waals surface area contributed by atoms with E-state index in [4.69, 9.17) is 4.42 Å². The Morgan fingerprint density at radius 3 is 2.43 bits per heavy atom. The number of nitrogens with zero attached hydrogens (tertiary/aromatic N) is 1. The van der Waals surface area contributed by atoms with E-state index in [0.717, 1.165) is 11.3 Å². The molecule has 0 aliphatic carbocycles. The largest absolute Gasteiger partial charge is 0.507 e. The van der Waals surface area contributed by atoms with Crippen molar-refractivity contribution in [3.63, 3.8) is 0 Å². The highest BCUT2D eigenvalue weighted by Gasteiger charge is 2.19. The fourth-order valence-electron chi connectivity index (χ4n) is 2.49. The Hall–Kier alpha value is -3.01. The van der Waals surface area contributed by atoms with Crippen LogP contribution < -0.4 is 4.90 Å². The van der Waals surface area contributed by atoms with Crippen molar-refractivity contribution in [2.24, 2.45) is 0 Å². The standard InChI is InChI=1S/C19H17NO3/c1-13-7-3-5-9-15(13)20(2)19(22)18-12-11-17(23-18)14-8-4-6-10-16(14)21/h3-12,21H,1-2H3. The van der Waals surface area contributed by atoms with Gasteiger partial charge in [-0.15, -0.1) is 0 Å². The van der Waals surface area contributed by atoms with Crippen LogP contribution in [0.5, 0.6) is 5.75 Å². The number of hydrogen-bond acceptors (Lipinski definition) is 3. The highest BCUT2D eigenvalue weighted by molar-refractivity contribution is 6.04. The topological polar surface area (TPSA) is 53.7 Å². The van der Waals surface area contributed by atoms with Gasteiger partial charge in [0.25, 0.3) is 5.91 Å². The summed E-state index contributed by atoms with van der Waals surface area (Å²) in [5.74, 6) is 0.577. The summed E-state index contributed by atoms with van der Waals surface area (Å²) in [7, 11) is 1.72. The molecule has 1 aromatic heterocycles. The maximum absolute atomic E-state index is 12.6. The predicted octanol–water partition coefficient (Wildman–Crippen LogP) is 4.24. The number of hydrogen-bond donors (Lipinski definition) is 1. The minimum absolute atomic E-state index is 0.119. The van der Waals surface area contributed by atoms with Gasteiger partial charge in [0.15, 0.2) is 5.76 Å². The zero-order valence-electron chi connectivity index (χ0n) is 13.0. The Labute approximate surface area is 134 Å². The number of anilines is 1. The molecule has 4 heteroatoms. The molecule has 0 aliphatic heterocycles. The number of aromatic hydroxyl groups is 1. The van der Waals surface area contributed by atoms with Crippen molar-refractivity contribution in [2.75, 3.05) is 11.9 Å². The molecule has 116 valence electrons. The average molecular weight is 307 g/mol. The summed E-state index contributed by atoms with van der Waals surface area (Å²) in [4.78, 5) is 14.2. The summed E-state index contributed by atoms with van der Waals surface area (Å²) in [6.45, 7) is 1.95. The van der Waals surface area contributed by atoms with Crippen LogP contribution in [-0.4, -0.2) is 18.1 Å². The lowest BCUT2D eigenvalue weighted by atomic mass is 10.1. The van der Waals surface area contributed by atoms with Crippen LogP contribution in [-0.2, 0) is 0 Å². The fraction of sp³-hybridized carbons (Fsp3) is 0.105. The zero-order chi connectivity index (χ0) is 16.4. The van der Waals surface area contributed by atoms with Crippen molar-refractivity contribution in [1.29, 1.82) is 0 Å². The van der Waals surface area contributed by atoms with E-state index in [1.54, 1.807) is 48.3 Å². The Bertz CT molecular complexity index is 851.